The number of azo groups is 2. The number of hydrogen-bond acceptors (Lipinski definition) is 10. The maximum absolute atomic E-state index is 13.4. The summed E-state index contributed by atoms with van der Waals surface area (Å²) in [4.78, 5) is 78.0. The average molecular weight is 917 g/mol. The highest BCUT2D eigenvalue weighted by atomic mass is 35.5. The molecule has 14 nitrogen and oxygen atoms in total. The van der Waals surface area contributed by atoms with E-state index in [0.29, 0.717) is 33.9 Å². The normalized spacial score (nSPS) is 12.1. The van der Waals surface area contributed by atoms with Crippen molar-refractivity contribution >= 4 is 116 Å². The van der Waals surface area contributed by atoms with Gasteiger partial charge in [-0.25, -0.2) is 0 Å². The van der Waals surface area contributed by atoms with Gasteiger partial charge in [0.15, 0.2) is 11.6 Å². The van der Waals surface area contributed by atoms with Crippen molar-refractivity contribution in [2.24, 2.45) is 20.5 Å². The Labute approximate surface area is 376 Å². The number of Topliss-reactive ketones (excluding diaryl/α,β-unsaturated/α-hetero) is 2. The first-order valence-corrected chi connectivity index (χ1v) is 20.5. The van der Waals surface area contributed by atoms with Crippen LogP contribution in [0.2, 0.25) is 10.0 Å². The molecule has 4 amide bonds. The molecule has 62 heavy (non-hydrogen) atoms. The highest BCUT2D eigenvalue weighted by Crippen LogP contribution is 2.29. The summed E-state index contributed by atoms with van der Waals surface area (Å²) in [6.45, 7) is 5.72. The van der Waals surface area contributed by atoms with E-state index in [1.165, 1.54) is 62.4 Å². The Hall–Kier alpha value is -6.32. The number of ketones is 2. The summed E-state index contributed by atoms with van der Waals surface area (Å²) in [7, 11) is 0. The van der Waals surface area contributed by atoms with E-state index in [0.717, 1.165) is 11.1 Å². The van der Waals surface area contributed by atoms with Crippen molar-refractivity contribution in [3.8, 4) is 0 Å². The largest absolute Gasteiger partial charge is 0.324 e. The first-order chi connectivity index (χ1) is 29.5. The topological polar surface area (TPSA) is 200 Å². The number of carbonyl (C=O) groups excluding carboxylic acids is 6. The van der Waals surface area contributed by atoms with E-state index in [9.17, 15) is 28.8 Å². The maximum Gasteiger partial charge on any atom is 0.258 e. The van der Waals surface area contributed by atoms with Crippen molar-refractivity contribution in [3.63, 3.8) is 0 Å². The number of amides is 4. The molecule has 5 aromatic rings. The molecule has 0 bridgehead atoms. The minimum absolute atomic E-state index is 0.122. The van der Waals surface area contributed by atoms with E-state index in [-0.39, 0.29) is 44.3 Å². The van der Waals surface area contributed by atoms with Gasteiger partial charge in [0.2, 0.25) is 12.1 Å². The molecule has 0 aliphatic heterocycles. The fourth-order valence-corrected chi connectivity index (χ4v) is 6.57. The molecule has 0 spiro atoms. The van der Waals surface area contributed by atoms with Crippen LogP contribution >= 0.6 is 46.4 Å². The van der Waals surface area contributed by atoms with Crippen LogP contribution in [0.3, 0.4) is 0 Å². The number of nitrogens with one attached hydrogen (secondary N) is 4. The monoisotopic (exact) mass is 914 g/mol. The van der Waals surface area contributed by atoms with Crippen LogP contribution in [0.5, 0.6) is 0 Å². The predicted molar refractivity (Wildman–Crippen MR) is 242 cm³/mol. The fraction of sp³-hybridized carbons (Fsp3) is 0.182. The summed E-state index contributed by atoms with van der Waals surface area (Å²) in [5, 5.41) is 27.3. The van der Waals surface area contributed by atoms with E-state index in [2.05, 4.69) is 41.7 Å². The van der Waals surface area contributed by atoms with Crippen LogP contribution in [-0.2, 0) is 30.9 Å². The zero-order valence-corrected chi connectivity index (χ0v) is 36.6. The molecule has 5 aromatic carbocycles. The van der Waals surface area contributed by atoms with Crippen LogP contribution < -0.4 is 21.3 Å². The number of hydrogen-bond donors (Lipinski definition) is 4. The van der Waals surface area contributed by atoms with E-state index in [1.807, 2.05) is 12.1 Å². The molecule has 0 saturated heterocycles. The SMILES string of the molecule is CC(=O)C(N=Nc1cc(Cl)cc(C(=O)Nc2cccc(CCl)c2)c1)C(=O)Nc1ccc(NC(=O)C(N=Nc2cc(Cl)cc(C(=O)Nc3cccc(CCl)c3)c2)C(C)=O)c(C)c1C. The van der Waals surface area contributed by atoms with Gasteiger partial charge in [0.25, 0.3) is 23.6 Å². The predicted octanol–water partition coefficient (Wildman–Crippen LogP) is 11.0. The third kappa shape index (κ3) is 12.6. The van der Waals surface area contributed by atoms with Crippen molar-refractivity contribution in [1.29, 1.82) is 0 Å². The third-order valence-corrected chi connectivity index (χ3v) is 10.2. The number of halogens is 4. The summed E-state index contributed by atoms with van der Waals surface area (Å²) in [5.74, 6) is -3.24. The minimum Gasteiger partial charge on any atom is -0.324 e. The second-order valence-electron chi connectivity index (χ2n) is 13.8. The molecule has 0 radical (unpaired) electrons. The molecule has 0 aliphatic carbocycles. The number of rotatable bonds is 16. The molecular weight excluding hydrogens is 878 g/mol. The van der Waals surface area contributed by atoms with Gasteiger partial charge in [-0.3, -0.25) is 28.8 Å². The third-order valence-electron chi connectivity index (χ3n) is 9.11. The summed E-state index contributed by atoms with van der Waals surface area (Å²) in [6.07, 6.45) is 0. The number of alkyl halides is 2. The van der Waals surface area contributed by atoms with E-state index in [1.54, 1.807) is 50.2 Å². The van der Waals surface area contributed by atoms with E-state index >= 15 is 0 Å². The van der Waals surface area contributed by atoms with Crippen LogP contribution in [0.4, 0.5) is 34.1 Å². The number of nitrogens with zero attached hydrogens (tertiary/aromatic N) is 4. The number of anilines is 4. The lowest BCUT2D eigenvalue weighted by Crippen LogP contribution is -2.33. The summed E-state index contributed by atoms with van der Waals surface area (Å²) in [6, 6.07) is 22.4. The summed E-state index contributed by atoms with van der Waals surface area (Å²) >= 11 is 24.4. The number of carbonyl (C=O) groups is 6. The molecule has 18 heteroatoms. The van der Waals surface area contributed by atoms with Gasteiger partial charge in [-0.1, -0.05) is 47.5 Å². The van der Waals surface area contributed by atoms with Gasteiger partial charge in [0.05, 0.1) is 11.4 Å². The van der Waals surface area contributed by atoms with E-state index in [4.69, 9.17) is 46.4 Å². The highest BCUT2D eigenvalue weighted by Gasteiger charge is 2.26. The molecule has 0 aliphatic rings. The van der Waals surface area contributed by atoms with Gasteiger partial charge in [0, 0.05) is 55.7 Å². The smallest absolute Gasteiger partial charge is 0.258 e. The first kappa shape index (κ1) is 46.7. The summed E-state index contributed by atoms with van der Waals surface area (Å²) < 4.78 is 0. The average Bonchev–Trinajstić information content (AvgIpc) is 3.23. The van der Waals surface area contributed by atoms with Crippen LogP contribution in [0.1, 0.15) is 56.8 Å². The lowest BCUT2D eigenvalue weighted by Gasteiger charge is -2.17. The zero-order valence-electron chi connectivity index (χ0n) is 33.6. The molecule has 0 aromatic heterocycles. The first-order valence-electron chi connectivity index (χ1n) is 18.6. The lowest BCUT2D eigenvalue weighted by atomic mass is 10.0. The van der Waals surface area contributed by atoms with E-state index < -0.39 is 47.3 Å². The van der Waals surface area contributed by atoms with Crippen LogP contribution in [-0.4, -0.2) is 47.3 Å². The molecule has 318 valence electrons. The molecule has 4 N–H and O–H groups in total. The molecule has 0 heterocycles. The highest BCUT2D eigenvalue weighted by molar-refractivity contribution is 6.31. The Morgan fingerprint density at radius 2 is 0.919 bits per heavy atom. The second-order valence-corrected chi connectivity index (χ2v) is 15.2. The second kappa shape index (κ2) is 21.5. The zero-order chi connectivity index (χ0) is 45.1. The van der Waals surface area contributed by atoms with Gasteiger partial charge >= 0.3 is 0 Å². The standard InChI is InChI=1S/C44H38Cl4N8O6/c1-23-24(2)38(52-44(62)40(26(4)58)56-54-36-18-30(16-32(48)20-36)42(60)50-34-10-6-8-28(14-34)22-46)12-11-37(23)51-43(61)39(25(3)57)55-53-35-17-29(15-31(47)19-35)41(59)49-33-9-5-7-27(13-33)21-45/h5-20,39-40H,21-22H2,1-4H3,(H,49,59)(H,50,60)(H,51,61)(H,52,62). The molecule has 2 atom stereocenters. The molecule has 5 rings (SSSR count). The lowest BCUT2D eigenvalue weighted by molar-refractivity contribution is -0.127. The fourth-order valence-electron chi connectivity index (χ4n) is 5.78. The molecule has 0 fully saturated rings. The van der Waals surface area contributed by atoms with Crippen molar-refractivity contribution in [2.45, 2.75) is 51.5 Å². The van der Waals surface area contributed by atoms with Gasteiger partial charge < -0.3 is 21.3 Å². The quantitative estimate of drug-likeness (QED) is 0.0431. The maximum atomic E-state index is 13.4. The molecule has 0 saturated carbocycles. The van der Waals surface area contributed by atoms with Crippen molar-refractivity contribution in [1.82, 2.24) is 0 Å². The van der Waals surface area contributed by atoms with Crippen molar-refractivity contribution in [2.75, 3.05) is 21.3 Å². The van der Waals surface area contributed by atoms with Crippen LogP contribution in [0.15, 0.2) is 118 Å². The Kier molecular flexibility index (Phi) is 16.2. The van der Waals surface area contributed by atoms with Crippen LogP contribution in [0.25, 0.3) is 0 Å². The van der Waals surface area contributed by atoms with Crippen LogP contribution in [0, 0.1) is 13.8 Å². The van der Waals surface area contributed by atoms with Crippen molar-refractivity contribution < 1.29 is 28.8 Å². The van der Waals surface area contributed by atoms with Gasteiger partial charge in [-0.05, 0) is 123 Å². The Morgan fingerprint density at radius 1 is 0.532 bits per heavy atom. The Morgan fingerprint density at radius 3 is 1.27 bits per heavy atom. The summed E-state index contributed by atoms with van der Waals surface area (Å²) in [5.41, 5.74) is 4.89. The Balaban J connectivity index is 1.26. The molecular formula is C44H38Cl4N8O6. The van der Waals surface area contributed by atoms with Crippen molar-refractivity contribution in [3.05, 3.63) is 140 Å². The Bertz CT molecular complexity index is 2460. The van der Waals surface area contributed by atoms with Gasteiger partial charge in [-0.15, -0.1) is 23.2 Å². The molecule has 2 unspecified atom stereocenters. The van der Waals surface area contributed by atoms with Gasteiger partial charge in [-0.2, -0.15) is 20.5 Å². The minimum atomic E-state index is -1.57. The van der Waals surface area contributed by atoms with Gasteiger partial charge in [0.1, 0.15) is 0 Å². The number of benzene rings is 5.